The molecule has 0 aliphatic heterocycles. The van der Waals surface area contributed by atoms with E-state index in [1.165, 1.54) is 12.8 Å². The number of hydrogen-bond donors (Lipinski definition) is 1. The fourth-order valence-electron chi connectivity index (χ4n) is 1.16. The van der Waals surface area contributed by atoms with Gasteiger partial charge in [-0.05, 0) is 12.8 Å². The molecule has 1 aromatic heterocycles. The molecule has 0 saturated heterocycles. The van der Waals surface area contributed by atoms with Gasteiger partial charge in [0.2, 0.25) is 0 Å². The van der Waals surface area contributed by atoms with Gasteiger partial charge in [0.15, 0.2) is 0 Å². The highest BCUT2D eigenvalue weighted by Crippen LogP contribution is 2.19. The van der Waals surface area contributed by atoms with Gasteiger partial charge in [-0.3, -0.25) is 0 Å². The van der Waals surface area contributed by atoms with Crippen LogP contribution >= 0.6 is 11.3 Å². The SMILES string of the molecule is COCc1nc(CNC2CC2)cs1. The molecule has 0 spiro atoms. The predicted octanol–water partition coefficient (Wildman–Crippen LogP) is 1.54. The molecular weight excluding hydrogens is 184 g/mol. The number of nitrogens with one attached hydrogen (secondary N) is 1. The van der Waals surface area contributed by atoms with Gasteiger partial charge in [0.05, 0.1) is 12.3 Å². The van der Waals surface area contributed by atoms with Crippen LogP contribution in [0, 0.1) is 0 Å². The van der Waals surface area contributed by atoms with E-state index in [-0.39, 0.29) is 0 Å². The maximum absolute atomic E-state index is 5.01. The zero-order valence-electron chi connectivity index (χ0n) is 7.75. The Bertz CT molecular complexity index is 270. The van der Waals surface area contributed by atoms with Crippen molar-refractivity contribution in [3.05, 3.63) is 16.1 Å². The largest absolute Gasteiger partial charge is 0.378 e. The normalized spacial score (nSPS) is 16.4. The lowest BCUT2D eigenvalue weighted by Gasteiger charge is -1.97. The van der Waals surface area contributed by atoms with E-state index in [0.717, 1.165) is 23.3 Å². The minimum Gasteiger partial charge on any atom is -0.378 e. The summed E-state index contributed by atoms with van der Waals surface area (Å²) in [5, 5.41) is 6.60. The first-order valence-corrected chi connectivity index (χ1v) is 5.42. The Kier molecular flexibility index (Phi) is 2.93. The Balaban J connectivity index is 1.81. The number of ether oxygens (including phenoxy) is 1. The lowest BCUT2D eigenvalue weighted by molar-refractivity contribution is 0.184. The number of nitrogens with zero attached hydrogens (tertiary/aromatic N) is 1. The van der Waals surface area contributed by atoms with E-state index in [0.29, 0.717) is 6.61 Å². The van der Waals surface area contributed by atoms with Crippen molar-refractivity contribution in [3.63, 3.8) is 0 Å². The molecule has 2 rings (SSSR count). The molecule has 0 aromatic carbocycles. The molecule has 0 bridgehead atoms. The van der Waals surface area contributed by atoms with Crippen LogP contribution in [0.4, 0.5) is 0 Å². The predicted molar refractivity (Wildman–Crippen MR) is 52.7 cm³/mol. The molecule has 0 unspecified atom stereocenters. The van der Waals surface area contributed by atoms with Gasteiger partial charge < -0.3 is 10.1 Å². The van der Waals surface area contributed by atoms with Crippen LogP contribution in [0.3, 0.4) is 0 Å². The van der Waals surface area contributed by atoms with Gasteiger partial charge in [0.1, 0.15) is 5.01 Å². The molecule has 1 saturated carbocycles. The zero-order chi connectivity index (χ0) is 9.10. The van der Waals surface area contributed by atoms with E-state index in [1.54, 1.807) is 18.4 Å². The van der Waals surface area contributed by atoms with Crippen molar-refractivity contribution in [2.75, 3.05) is 7.11 Å². The van der Waals surface area contributed by atoms with Crippen molar-refractivity contribution in [2.24, 2.45) is 0 Å². The maximum atomic E-state index is 5.01. The molecule has 4 heteroatoms. The molecule has 1 heterocycles. The molecule has 1 aromatic rings. The molecule has 1 N–H and O–H groups in total. The third kappa shape index (κ3) is 2.76. The fraction of sp³-hybridized carbons (Fsp3) is 0.667. The number of rotatable bonds is 5. The van der Waals surface area contributed by atoms with Crippen molar-refractivity contribution >= 4 is 11.3 Å². The van der Waals surface area contributed by atoms with Crippen molar-refractivity contribution in [3.8, 4) is 0 Å². The van der Waals surface area contributed by atoms with E-state index >= 15 is 0 Å². The first-order chi connectivity index (χ1) is 6.38. The summed E-state index contributed by atoms with van der Waals surface area (Å²) in [4.78, 5) is 4.43. The Hall–Kier alpha value is -0.450. The van der Waals surface area contributed by atoms with Gasteiger partial charge in [-0.1, -0.05) is 0 Å². The van der Waals surface area contributed by atoms with Crippen LogP contribution in [0.1, 0.15) is 23.5 Å². The van der Waals surface area contributed by atoms with Crippen LogP contribution in [0.25, 0.3) is 0 Å². The van der Waals surface area contributed by atoms with E-state index in [1.807, 2.05) is 0 Å². The lowest BCUT2D eigenvalue weighted by Crippen LogP contribution is -2.15. The highest BCUT2D eigenvalue weighted by molar-refractivity contribution is 7.09. The van der Waals surface area contributed by atoms with Gasteiger partial charge in [-0.15, -0.1) is 11.3 Å². The number of thiazole rings is 1. The molecule has 0 radical (unpaired) electrons. The monoisotopic (exact) mass is 198 g/mol. The summed E-state index contributed by atoms with van der Waals surface area (Å²) in [6.45, 7) is 1.54. The Morgan fingerprint density at radius 1 is 1.69 bits per heavy atom. The summed E-state index contributed by atoms with van der Waals surface area (Å²) >= 11 is 1.67. The van der Waals surface area contributed by atoms with Gasteiger partial charge >= 0.3 is 0 Å². The minimum absolute atomic E-state index is 0.633. The Morgan fingerprint density at radius 3 is 3.23 bits per heavy atom. The second-order valence-electron chi connectivity index (χ2n) is 3.32. The molecule has 13 heavy (non-hydrogen) atoms. The lowest BCUT2D eigenvalue weighted by atomic mass is 10.5. The van der Waals surface area contributed by atoms with E-state index in [2.05, 4.69) is 15.7 Å². The van der Waals surface area contributed by atoms with Gasteiger partial charge in [-0.2, -0.15) is 0 Å². The Morgan fingerprint density at radius 2 is 2.54 bits per heavy atom. The number of aromatic nitrogens is 1. The molecular formula is C9H14N2OS. The minimum atomic E-state index is 0.633. The summed E-state index contributed by atoms with van der Waals surface area (Å²) in [7, 11) is 1.70. The van der Waals surface area contributed by atoms with Crippen LogP contribution in [0.15, 0.2) is 5.38 Å². The van der Waals surface area contributed by atoms with Gasteiger partial charge in [0, 0.05) is 25.1 Å². The summed E-state index contributed by atoms with van der Waals surface area (Å²) in [6, 6.07) is 0.757. The quantitative estimate of drug-likeness (QED) is 0.779. The Labute approximate surface area is 82.1 Å². The van der Waals surface area contributed by atoms with E-state index in [4.69, 9.17) is 4.74 Å². The third-order valence-electron chi connectivity index (χ3n) is 2.02. The van der Waals surface area contributed by atoms with E-state index in [9.17, 15) is 0 Å². The molecule has 1 aliphatic rings. The summed E-state index contributed by atoms with van der Waals surface area (Å²) in [6.07, 6.45) is 2.66. The second-order valence-corrected chi connectivity index (χ2v) is 4.26. The first-order valence-electron chi connectivity index (χ1n) is 4.54. The van der Waals surface area contributed by atoms with Crippen LogP contribution in [-0.2, 0) is 17.9 Å². The molecule has 3 nitrogen and oxygen atoms in total. The second kappa shape index (κ2) is 4.17. The van der Waals surface area contributed by atoms with Crippen LogP contribution in [0.5, 0.6) is 0 Å². The zero-order valence-corrected chi connectivity index (χ0v) is 8.56. The average molecular weight is 198 g/mol. The number of hydrogen-bond acceptors (Lipinski definition) is 4. The summed E-state index contributed by atoms with van der Waals surface area (Å²) < 4.78 is 5.01. The molecule has 1 aliphatic carbocycles. The molecule has 0 atom stereocenters. The van der Waals surface area contributed by atoms with Crippen molar-refractivity contribution in [1.29, 1.82) is 0 Å². The molecule has 1 fully saturated rings. The fourth-order valence-corrected chi connectivity index (χ4v) is 1.92. The highest BCUT2D eigenvalue weighted by atomic mass is 32.1. The van der Waals surface area contributed by atoms with Gasteiger partial charge in [0.25, 0.3) is 0 Å². The van der Waals surface area contributed by atoms with Crippen LogP contribution < -0.4 is 5.32 Å². The molecule has 0 amide bonds. The highest BCUT2D eigenvalue weighted by Gasteiger charge is 2.20. The standard InChI is InChI=1S/C9H14N2OS/c1-12-5-9-11-8(6-13-9)4-10-7-2-3-7/h6-7,10H,2-5H2,1H3. The van der Waals surface area contributed by atoms with E-state index < -0.39 is 0 Å². The smallest absolute Gasteiger partial charge is 0.119 e. The number of methoxy groups -OCH3 is 1. The van der Waals surface area contributed by atoms with Crippen molar-refractivity contribution < 1.29 is 4.74 Å². The maximum Gasteiger partial charge on any atom is 0.119 e. The summed E-state index contributed by atoms with van der Waals surface area (Å²) in [5.41, 5.74) is 1.14. The van der Waals surface area contributed by atoms with Crippen LogP contribution in [-0.4, -0.2) is 18.1 Å². The van der Waals surface area contributed by atoms with Crippen LogP contribution in [0.2, 0.25) is 0 Å². The molecule has 72 valence electrons. The van der Waals surface area contributed by atoms with Crippen molar-refractivity contribution in [1.82, 2.24) is 10.3 Å². The topological polar surface area (TPSA) is 34.1 Å². The summed E-state index contributed by atoms with van der Waals surface area (Å²) in [5.74, 6) is 0. The van der Waals surface area contributed by atoms with Crippen molar-refractivity contribution in [2.45, 2.75) is 32.0 Å². The first kappa shape index (κ1) is 9.12. The van der Waals surface area contributed by atoms with Gasteiger partial charge in [-0.25, -0.2) is 4.98 Å². The third-order valence-corrected chi connectivity index (χ3v) is 2.89. The average Bonchev–Trinajstić information content (AvgIpc) is 2.85.